The smallest absolute Gasteiger partial charge is 0.257 e. The molecule has 0 saturated carbocycles. The van der Waals surface area contributed by atoms with Crippen molar-refractivity contribution in [1.82, 2.24) is 9.80 Å². The molecule has 0 spiro atoms. The molecule has 154 valence electrons. The van der Waals surface area contributed by atoms with Gasteiger partial charge in [-0.1, -0.05) is 49.4 Å². The first-order valence-corrected chi connectivity index (χ1v) is 10.8. The number of nitrogens with zero attached hydrogens (tertiary/aromatic N) is 2. The molecule has 0 N–H and O–H groups in total. The molecular weight excluding hydrogens is 360 g/mol. The molecule has 2 aromatic carbocycles. The van der Waals surface area contributed by atoms with E-state index in [9.17, 15) is 4.79 Å². The number of amides is 1. The number of fused-ring (bicyclic) bond motifs is 1. The van der Waals surface area contributed by atoms with Crippen LogP contribution in [0.4, 0.5) is 0 Å². The number of aryl methyl sites for hydroxylation is 1. The fourth-order valence-electron chi connectivity index (χ4n) is 5.32. The molecule has 0 aliphatic carbocycles. The van der Waals surface area contributed by atoms with Crippen molar-refractivity contribution in [1.29, 1.82) is 0 Å². The van der Waals surface area contributed by atoms with E-state index in [0.717, 1.165) is 45.6 Å². The maximum absolute atomic E-state index is 13.3. The second-order valence-corrected chi connectivity index (χ2v) is 8.67. The molecule has 1 amide bonds. The van der Waals surface area contributed by atoms with Crippen LogP contribution < -0.4 is 4.74 Å². The number of hydrogen-bond donors (Lipinski definition) is 0. The highest BCUT2D eigenvalue weighted by Crippen LogP contribution is 2.46. The normalized spacial score (nSPS) is 23.9. The number of rotatable bonds is 7. The average molecular weight is 393 g/mol. The Morgan fingerprint density at radius 2 is 1.83 bits per heavy atom. The van der Waals surface area contributed by atoms with E-state index < -0.39 is 0 Å². The highest BCUT2D eigenvalue weighted by atomic mass is 16.5. The number of ether oxygens (including phenoxy) is 1. The van der Waals surface area contributed by atoms with Crippen LogP contribution in [-0.2, 0) is 6.42 Å². The van der Waals surface area contributed by atoms with Gasteiger partial charge in [-0.05, 0) is 49.4 Å². The zero-order chi connectivity index (χ0) is 20.3. The highest BCUT2D eigenvalue weighted by molar-refractivity contribution is 5.97. The topological polar surface area (TPSA) is 32.8 Å². The lowest BCUT2D eigenvalue weighted by Gasteiger charge is -2.30. The fraction of sp³-hybridized carbons (Fsp3) is 0.480. The van der Waals surface area contributed by atoms with Gasteiger partial charge in [-0.2, -0.15) is 0 Å². The van der Waals surface area contributed by atoms with E-state index in [1.807, 2.05) is 24.3 Å². The lowest BCUT2D eigenvalue weighted by atomic mass is 9.76. The standard InChI is InChI=1S/C25H32N2O2/c1-3-15-26-16-21-17-27(24(28)22-11-7-8-12-23(22)29-2)19-25(21,18-26)14-13-20-9-5-4-6-10-20/h4-12,21H,3,13-19H2,1-2H3. The summed E-state index contributed by atoms with van der Waals surface area (Å²) in [4.78, 5) is 18.0. The molecule has 0 bridgehead atoms. The van der Waals surface area contributed by atoms with Crippen LogP contribution in [-0.4, -0.2) is 55.5 Å². The Morgan fingerprint density at radius 3 is 2.59 bits per heavy atom. The monoisotopic (exact) mass is 392 g/mol. The molecule has 2 fully saturated rings. The lowest BCUT2D eigenvalue weighted by molar-refractivity contribution is 0.0753. The summed E-state index contributed by atoms with van der Waals surface area (Å²) < 4.78 is 5.44. The fourth-order valence-corrected chi connectivity index (χ4v) is 5.32. The summed E-state index contributed by atoms with van der Waals surface area (Å²) in [6.45, 7) is 7.33. The van der Waals surface area contributed by atoms with Crippen LogP contribution in [0.5, 0.6) is 5.75 Å². The van der Waals surface area contributed by atoms with Gasteiger partial charge in [0.1, 0.15) is 5.75 Å². The molecule has 0 aromatic heterocycles. The molecule has 2 aromatic rings. The molecule has 4 heteroatoms. The molecule has 0 radical (unpaired) electrons. The van der Waals surface area contributed by atoms with Crippen LogP contribution >= 0.6 is 0 Å². The van der Waals surface area contributed by atoms with Crippen molar-refractivity contribution < 1.29 is 9.53 Å². The van der Waals surface area contributed by atoms with Gasteiger partial charge in [0.2, 0.25) is 0 Å². The molecule has 2 heterocycles. The minimum absolute atomic E-state index is 0.109. The van der Waals surface area contributed by atoms with Crippen LogP contribution in [0, 0.1) is 11.3 Å². The summed E-state index contributed by atoms with van der Waals surface area (Å²) in [5.41, 5.74) is 2.27. The van der Waals surface area contributed by atoms with E-state index in [4.69, 9.17) is 4.74 Å². The molecule has 29 heavy (non-hydrogen) atoms. The van der Waals surface area contributed by atoms with Gasteiger partial charge < -0.3 is 14.5 Å². The second-order valence-electron chi connectivity index (χ2n) is 8.67. The lowest BCUT2D eigenvalue weighted by Crippen LogP contribution is -2.37. The van der Waals surface area contributed by atoms with Crippen LogP contribution in [0.3, 0.4) is 0 Å². The number of likely N-dealkylation sites (tertiary alicyclic amines) is 2. The summed E-state index contributed by atoms with van der Waals surface area (Å²) in [7, 11) is 1.63. The Bertz CT molecular complexity index is 838. The van der Waals surface area contributed by atoms with Gasteiger partial charge in [-0.3, -0.25) is 4.79 Å². The molecular formula is C25H32N2O2. The summed E-state index contributed by atoms with van der Waals surface area (Å²) in [5, 5.41) is 0. The van der Waals surface area contributed by atoms with Crippen molar-refractivity contribution in [3.8, 4) is 5.75 Å². The number of para-hydroxylation sites is 1. The third-order valence-electron chi connectivity index (χ3n) is 6.75. The maximum atomic E-state index is 13.3. The third-order valence-corrected chi connectivity index (χ3v) is 6.75. The van der Waals surface area contributed by atoms with Crippen LogP contribution in [0.25, 0.3) is 0 Å². The van der Waals surface area contributed by atoms with Crippen molar-refractivity contribution in [3.05, 3.63) is 65.7 Å². The van der Waals surface area contributed by atoms with Crippen molar-refractivity contribution in [2.24, 2.45) is 11.3 Å². The molecule has 2 saturated heterocycles. The van der Waals surface area contributed by atoms with Gasteiger partial charge in [0, 0.05) is 31.6 Å². The van der Waals surface area contributed by atoms with E-state index >= 15 is 0 Å². The number of benzene rings is 2. The Hall–Kier alpha value is -2.33. The quantitative estimate of drug-likeness (QED) is 0.711. The van der Waals surface area contributed by atoms with E-state index in [1.54, 1.807) is 7.11 Å². The number of methoxy groups -OCH3 is 1. The first kappa shape index (κ1) is 20.0. The first-order valence-electron chi connectivity index (χ1n) is 10.8. The van der Waals surface area contributed by atoms with Crippen molar-refractivity contribution in [3.63, 3.8) is 0 Å². The number of carbonyl (C=O) groups excluding carboxylic acids is 1. The SMILES string of the molecule is CCCN1CC2CN(C(=O)c3ccccc3OC)CC2(CCc2ccccc2)C1. The summed E-state index contributed by atoms with van der Waals surface area (Å²) in [6.07, 6.45) is 3.40. The maximum Gasteiger partial charge on any atom is 0.257 e. The van der Waals surface area contributed by atoms with Crippen LogP contribution in [0.15, 0.2) is 54.6 Å². The van der Waals surface area contributed by atoms with Gasteiger partial charge in [0.15, 0.2) is 0 Å². The average Bonchev–Trinajstić information content (AvgIpc) is 3.26. The highest BCUT2D eigenvalue weighted by Gasteiger charge is 2.52. The largest absolute Gasteiger partial charge is 0.496 e. The van der Waals surface area contributed by atoms with E-state index in [1.165, 1.54) is 12.0 Å². The van der Waals surface area contributed by atoms with Crippen LogP contribution in [0.2, 0.25) is 0 Å². The van der Waals surface area contributed by atoms with E-state index in [2.05, 4.69) is 47.1 Å². The zero-order valence-corrected chi connectivity index (χ0v) is 17.6. The molecule has 4 rings (SSSR count). The Labute approximate surface area is 174 Å². The Balaban J connectivity index is 1.53. The molecule has 4 nitrogen and oxygen atoms in total. The van der Waals surface area contributed by atoms with Gasteiger partial charge >= 0.3 is 0 Å². The molecule has 2 aliphatic rings. The summed E-state index contributed by atoms with van der Waals surface area (Å²) in [5.74, 6) is 1.33. The number of carbonyl (C=O) groups is 1. The van der Waals surface area contributed by atoms with E-state index in [0.29, 0.717) is 17.2 Å². The van der Waals surface area contributed by atoms with Gasteiger partial charge in [0.05, 0.1) is 12.7 Å². The molecule has 2 unspecified atom stereocenters. The van der Waals surface area contributed by atoms with E-state index in [-0.39, 0.29) is 11.3 Å². The van der Waals surface area contributed by atoms with Gasteiger partial charge in [-0.25, -0.2) is 0 Å². The summed E-state index contributed by atoms with van der Waals surface area (Å²) >= 11 is 0. The summed E-state index contributed by atoms with van der Waals surface area (Å²) in [6, 6.07) is 18.3. The molecule has 2 atom stereocenters. The second kappa shape index (κ2) is 8.58. The van der Waals surface area contributed by atoms with Crippen LogP contribution in [0.1, 0.15) is 35.7 Å². The first-order chi connectivity index (χ1) is 14.1. The zero-order valence-electron chi connectivity index (χ0n) is 17.6. The van der Waals surface area contributed by atoms with Crippen molar-refractivity contribution in [2.75, 3.05) is 39.8 Å². The number of hydrogen-bond acceptors (Lipinski definition) is 3. The van der Waals surface area contributed by atoms with Gasteiger partial charge in [-0.15, -0.1) is 0 Å². The minimum Gasteiger partial charge on any atom is -0.496 e. The molecule has 2 aliphatic heterocycles. The minimum atomic E-state index is 0.109. The van der Waals surface area contributed by atoms with Crippen molar-refractivity contribution >= 4 is 5.91 Å². The van der Waals surface area contributed by atoms with Gasteiger partial charge in [0.25, 0.3) is 5.91 Å². The third kappa shape index (κ3) is 4.04. The predicted molar refractivity (Wildman–Crippen MR) is 116 cm³/mol. The van der Waals surface area contributed by atoms with Crippen molar-refractivity contribution in [2.45, 2.75) is 26.2 Å². The predicted octanol–water partition coefficient (Wildman–Crippen LogP) is 4.11. The Kier molecular flexibility index (Phi) is 5.91. The Morgan fingerprint density at radius 1 is 1.07 bits per heavy atom.